The van der Waals surface area contributed by atoms with Crippen LogP contribution in [0.25, 0.3) is 0 Å². The third-order valence-electron chi connectivity index (χ3n) is 2.69. The molecule has 116 valence electrons. The van der Waals surface area contributed by atoms with Crippen molar-refractivity contribution in [2.75, 3.05) is 19.8 Å². The summed E-state index contributed by atoms with van der Waals surface area (Å²) in [4.78, 5) is 11.7. The number of benzene rings is 2. The minimum Gasteiger partial charge on any atom is -0.492 e. The minimum atomic E-state index is -0.257. The van der Waals surface area contributed by atoms with Crippen LogP contribution in [-0.2, 0) is 4.79 Å². The van der Waals surface area contributed by atoms with E-state index in [2.05, 4.69) is 5.32 Å². The molecule has 2 rings (SSSR count). The summed E-state index contributed by atoms with van der Waals surface area (Å²) in [6.45, 7) is 0.638. The highest BCUT2D eigenvalue weighted by Gasteiger charge is 2.06. The molecule has 0 aromatic heterocycles. The van der Waals surface area contributed by atoms with Crippen LogP contribution in [0.3, 0.4) is 0 Å². The van der Waals surface area contributed by atoms with Crippen LogP contribution < -0.4 is 14.8 Å². The zero-order valence-electron chi connectivity index (χ0n) is 11.7. The van der Waals surface area contributed by atoms with Crippen molar-refractivity contribution in [1.82, 2.24) is 5.32 Å². The van der Waals surface area contributed by atoms with Crippen molar-refractivity contribution >= 4 is 29.1 Å². The van der Waals surface area contributed by atoms with Gasteiger partial charge in [0.15, 0.2) is 6.61 Å². The molecule has 4 nitrogen and oxygen atoms in total. The largest absolute Gasteiger partial charge is 0.492 e. The van der Waals surface area contributed by atoms with Gasteiger partial charge in [0.2, 0.25) is 0 Å². The van der Waals surface area contributed by atoms with Gasteiger partial charge >= 0.3 is 0 Å². The van der Waals surface area contributed by atoms with Crippen molar-refractivity contribution in [1.29, 1.82) is 0 Å². The molecule has 0 atom stereocenters. The Bertz CT molecular complexity index is 620. The Hall–Kier alpha value is -1.91. The second-order valence-electron chi connectivity index (χ2n) is 4.37. The molecule has 0 spiro atoms. The maximum Gasteiger partial charge on any atom is 0.258 e. The molecular weight excluding hydrogens is 325 g/mol. The molecule has 22 heavy (non-hydrogen) atoms. The van der Waals surface area contributed by atoms with Gasteiger partial charge in [0.25, 0.3) is 5.91 Å². The summed E-state index contributed by atoms with van der Waals surface area (Å²) in [6.07, 6.45) is 0. The molecule has 6 heteroatoms. The van der Waals surface area contributed by atoms with Crippen LogP contribution in [0.15, 0.2) is 48.5 Å². The fraction of sp³-hybridized carbons (Fsp3) is 0.188. The first kappa shape index (κ1) is 16.5. The van der Waals surface area contributed by atoms with Crippen LogP contribution in [0.5, 0.6) is 11.5 Å². The van der Waals surface area contributed by atoms with Crippen molar-refractivity contribution in [3.63, 3.8) is 0 Å². The molecule has 0 bridgehead atoms. The number of nitrogens with one attached hydrogen (secondary N) is 1. The van der Waals surface area contributed by atoms with Crippen LogP contribution in [0, 0.1) is 0 Å². The first-order chi connectivity index (χ1) is 10.6. The number of amides is 1. The molecule has 2 aromatic rings. The summed E-state index contributed by atoms with van der Waals surface area (Å²) in [6, 6.07) is 14.2. The number of halogens is 2. The molecule has 1 N–H and O–H groups in total. The third kappa shape index (κ3) is 5.47. The predicted octanol–water partition coefficient (Wildman–Crippen LogP) is 3.57. The molecule has 0 radical (unpaired) electrons. The number of hydrogen-bond acceptors (Lipinski definition) is 3. The van der Waals surface area contributed by atoms with Crippen molar-refractivity contribution in [3.8, 4) is 11.5 Å². The van der Waals surface area contributed by atoms with E-state index in [1.54, 1.807) is 18.2 Å². The van der Waals surface area contributed by atoms with Crippen LogP contribution in [0.1, 0.15) is 0 Å². The molecule has 0 unspecified atom stereocenters. The van der Waals surface area contributed by atoms with E-state index in [0.29, 0.717) is 28.9 Å². The normalized spacial score (nSPS) is 10.1. The maximum atomic E-state index is 11.7. The third-order valence-corrected chi connectivity index (χ3v) is 3.24. The number of carbonyl (C=O) groups is 1. The number of hydrogen-bond donors (Lipinski definition) is 1. The Kier molecular flexibility index (Phi) is 6.37. The van der Waals surface area contributed by atoms with E-state index < -0.39 is 0 Å². The topological polar surface area (TPSA) is 47.6 Å². The second kappa shape index (κ2) is 8.51. The lowest BCUT2D eigenvalue weighted by Crippen LogP contribution is -2.32. The number of para-hydroxylation sites is 1. The predicted molar refractivity (Wildman–Crippen MR) is 86.9 cm³/mol. The summed E-state index contributed by atoms with van der Waals surface area (Å²) < 4.78 is 10.8. The van der Waals surface area contributed by atoms with Gasteiger partial charge in [-0.2, -0.15) is 0 Å². The molecule has 0 heterocycles. The van der Waals surface area contributed by atoms with E-state index in [-0.39, 0.29) is 12.5 Å². The van der Waals surface area contributed by atoms with Crippen molar-refractivity contribution in [2.24, 2.45) is 0 Å². The Morgan fingerprint density at radius 2 is 1.82 bits per heavy atom. The highest BCUT2D eigenvalue weighted by atomic mass is 35.5. The smallest absolute Gasteiger partial charge is 0.258 e. The summed E-state index contributed by atoms with van der Waals surface area (Å²) in [7, 11) is 0. The summed E-state index contributed by atoms with van der Waals surface area (Å²) >= 11 is 11.8. The number of carbonyl (C=O) groups excluding carboxylic acids is 1. The molecule has 2 aromatic carbocycles. The summed E-state index contributed by atoms with van der Waals surface area (Å²) in [5.74, 6) is 0.885. The van der Waals surface area contributed by atoms with Gasteiger partial charge in [-0.15, -0.1) is 0 Å². The van der Waals surface area contributed by atoms with E-state index in [1.165, 1.54) is 0 Å². The Morgan fingerprint density at radius 1 is 1.05 bits per heavy atom. The average molecular weight is 340 g/mol. The Balaban J connectivity index is 1.67. The van der Waals surface area contributed by atoms with Crippen LogP contribution in [-0.4, -0.2) is 25.7 Å². The van der Waals surface area contributed by atoms with Gasteiger partial charge < -0.3 is 14.8 Å². The van der Waals surface area contributed by atoms with Crippen molar-refractivity contribution in [2.45, 2.75) is 0 Å². The molecule has 0 aliphatic heterocycles. The van der Waals surface area contributed by atoms with E-state index in [0.717, 1.165) is 5.75 Å². The van der Waals surface area contributed by atoms with Gasteiger partial charge in [-0.1, -0.05) is 41.4 Å². The molecular formula is C16H15Cl2NO3. The van der Waals surface area contributed by atoms with E-state index >= 15 is 0 Å². The summed E-state index contributed by atoms with van der Waals surface area (Å²) in [5.41, 5.74) is 0. The molecule has 0 saturated carbocycles. The van der Waals surface area contributed by atoms with Crippen molar-refractivity contribution in [3.05, 3.63) is 58.6 Å². The van der Waals surface area contributed by atoms with Gasteiger partial charge in [-0.3, -0.25) is 4.79 Å². The fourth-order valence-electron chi connectivity index (χ4n) is 1.66. The maximum absolute atomic E-state index is 11.7. The first-order valence-corrected chi connectivity index (χ1v) is 7.43. The zero-order chi connectivity index (χ0) is 15.8. The Labute approximate surface area is 138 Å². The SMILES string of the molecule is O=C(COc1cc(Cl)ccc1Cl)NCCOc1ccccc1. The number of ether oxygens (including phenoxy) is 2. The lowest BCUT2D eigenvalue weighted by molar-refractivity contribution is -0.123. The second-order valence-corrected chi connectivity index (χ2v) is 5.22. The lowest BCUT2D eigenvalue weighted by atomic mass is 10.3. The highest BCUT2D eigenvalue weighted by Crippen LogP contribution is 2.27. The molecule has 0 fully saturated rings. The van der Waals surface area contributed by atoms with Crippen LogP contribution >= 0.6 is 23.2 Å². The average Bonchev–Trinajstić information content (AvgIpc) is 2.53. The molecule has 0 aliphatic rings. The fourth-order valence-corrected chi connectivity index (χ4v) is 1.99. The van der Waals surface area contributed by atoms with E-state index in [9.17, 15) is 4.79 Å². The zero-order valence-corrected chi connectivity index (χ0v) is 13.2. The summed E-state index contributed by atoms with van der Waals surface area (Å²) in [5, 5.41) is 3.60. The van der Waals surface area contributed by atoms with Gasteiger partial charge in [0.1, 0.15) is 18.1 Å². The van der Waals surface area contributed by atoms with Crippen LogP contribution in [0.4, 0.5) is 0 Å². The standard InChI is InChI=1S/C16H15Cl2NO3/c17-12-6-7-14(18)15(10-12)22-11-16(20)19-8-9-21-13-4-2-1-3-5-13/h1-7,10H,8-9,11H2,(H,19,20). The van der Waals surface area contributed by atoms with E-state index in [4.69, 9.17) is 32.7 Å². The van der Waals surface area contributed by atoms with Crippen molar-refractivity contribution < 1.29 is 14.3 Å². The monoisotopic (exact) mass is 339 g/mol. The van der Waals surface area contributed by atoms with Gasteiger partial charge in [-0.25, -0.2) is 0 Å². The molecule has 0 saturated heterocycles. The molecule has 0 aliphatic carbocycles. The van der Waals surface area contributed by atoms with Crippen LogP contribution in [0.2, 0.25) is 10.0 Å². The minimum absolute atomic E-state index is 0.134. The van der Waals surface area contributed by atoms with Gasteiger partial charge in [-0.05, 0) is 24.3 Å². The quantitative estimate of drug-likeness (QED) is 0.784. The van der Waals surface area contributed by atoms with Gasteiger partial charge in [0.05, 0.1) is 11.6 Å². The first-order valence-electron chi connectivity index (χ1n) is 6.67. The number of rotatable bonds is 7. The Morgan fingerprint density at radius 3 is 2.59 bits per heavy atom. The molecule has 1 amide bonds. The highest BCUT2D eigenvalue weighted by molar-refractivity contribution is 6.34. The van der Waals surface area contributed by atoms with E-state index in [1.807, 2.05) is 30.3 Å². The van der Waals surface area contributed by atoms with Gasteiger partial charge in [0, 0.05) is 11.1 Å². The lowest BCUT2D eigenvalue weighted by Gasteiger charge is -2.10.